The van der Waals surface area contributed by atoms with Crippen molar-refractivity contribution in [3.8, 4) is 0 Å². The Morgan fingerprint density at radius 2 is 2.05 bits per heavy atom. The van der Waals surface area contributed by atoms with Crippen molar-refractivity contribution < 1.29 is 5.32 Å². The van der Waals surface area contributed by atoms with Crippen molar-refractivity contribution in [1.29, 1.82) is 0 Å². The summed E-state index contributed by atoms with van der Waals surface area (Å²) in [7, 11) is 1.78. The van der Waals surface area contributed by atoms with Gasteiger partial charge in [-0.15, -0.1) is 0 Å². The second-order valence-electron chi connectivity index (χ2n) is 5.65. The normalized spacial score (nSPS) is 13.1. The van der Waals surface area contributed by atoms with E-state index in [0.717, 1.165) is 12.4 Å². The van der Waals surface area contributed by atoms with E-state index in [-0.39, 0.29) is 11.6 Å². The van der Waals surface area contributed by atoms with Crippen LogP contribution in [0.25, 0.3) is 10.9 Å². The maximum absolute atomic E-state index is 12.4. The van der Waals surface area contributed by atoms with Crippen LogP contribution in [0.2, 0.25) is 5.02 Å². The molecule has 4 nitrogen and oxygen atoms in total. The van der Waals surface area contributed by atoms with E-state index in [1.54, 1.807) is 29.8 Å². The van der Waals surface area contributed by atoms with E-state index in [1.807, 2.05) is 0 Å². The Bertz CT molecular complexity index is 679. The molecule has 0 aliphatic rings. The first-order valence-electron chi connectivity index (χ1n) is 6.89. The number of nitrogens with zero attached hydrogens (tertiary/aromatic N) is 2. The molecule has 1 atom stereocenters. The number of fused-ring (bicyclic) bond motifs is 1. The van der Waals surface area contributed by atoms with Gasteiger partial charge >= 0.3 is 0 Å². The number of hydrogen-bond donors (Lipinski definition) is 1. The Morgan fingerprint density at radius 1 is 1.35 bits per heavy atom. The summed E-state index contributed by atoms with van der Waals surface area (Å²) >= 11 is 5.99. The van der Waals surface area contributed by atoms with Gasteiger partial charge in [0.25, 0.3) is 5.56 Å². The van der Waals surface area contributed by atoms with E-state index in [9.17, 15) is 4.79 Å². The first-order valence-corrected chi connectivity index (χ1v) is 7.27. The molecule has 5 heteroatoms. The molecule has 0 aliphatic carbocycles. The predicted molar refractivity (Wildman–Crippen MR) is 82.0 cm³/mol. The highest BCUT2D eigenvalue weighted by Gasteiger charge is 2.17. The lowest BCUT2D eigenvalue weighted by Gasteiger charge is -2.15. The third-order valence-electron chi connectivity index (χ3n) is 3.44. The summed E-state index contributed by atoms with van der Waals surface area (Å²) in [6.45, 7) is 7.43. The Kier molecular flexibility index (Phi) is 4.45. The van der Waals surface area contributed by atoms with Gasteiger partial charge in [-0.2, -0.15) is 0 Å². The summed E-state index contributed by atoms with van der Waals surface area (Å²) in [5.41, 5.74) is 0.645. The summed E-state index contributed by atoms with van der Waals surface area (Å²) < 4.78 is 1.64. The van der Waals surface area contributed by atoms with Gasteiger partial charge in [0, 0.05) is 18.0 Å². The van der Waals surface area contributed by atoms with Gasteiger partial charge in [-0.3, -0.25) is 9.36 Å². The first kappa shape index (κ1) is 15.0. The Labute approximate surface area is 123 Å². The number of aromatic nitrogens is 2. The highest BCUT2D eigenvalue weighted by Crippen LogP contribution is 2.16. The van der Waals surface area contributed by atoms with Crippen molar-refractivity contribution in [3.63, 3.8) is 0 Å². The van der Waals surface area contributed by atoms with Crippen molar-refractivity contribution in [3.05, 3.63) is 39.4 Å². The van der Waals surface area contributed by atoms with Crippen LogP contribution >= 0.6 is 11.6 Å². The Morgan fingerprint density at radius 3 is 2.70 bits per heavy atom. The molecule has 0 saturated heterocycles. The highest BCUT2D eigenvalue weighted by atomic mass is 35.5. The second kappa shape index (κ2) is 5.94. The van der Waals surface area contributed by atoms with E-state index in [2.05, 4.69) is 31.1 Å². The zero-order valence-electron chi connectivity index (χ0n) is 12.4. The van der Waals surface area contributed by atoms with Crippen LogP contribution in [0.4, 0.5) is 0 Å². The van der Waals surface area contributed by atoms with Crippen molar-refractivity contribution in [2.45, 2.75) is 26.8 Å². The molecular formula is C15H21ClN3O+. The minimum atomic E-state index is -0.0218. The van der Waals surface area contributed by atoms with Crippen LogP contribution in [-0.4, -0.2) is 16.1 Å². The van der Waals surface area contributed by atoms with Gasteiger partial charge in [-0.25, -0.2) is 4.98 Å². The van der Waals surface area contributed by atoms with Crippen LogP contribution in [0.15, 0.2) is 23.0 Å². The van der Waals surface area contributed by atoms with E-state index in [4.69, 9.17) is 11.6 Å². The van der Waals surface area contributed by atoms with E-state index >= 15 is 0 Å². The average Bonchev–Trinajstić information content (AvgIpc) is 2.39. The van der Waals surface area contributed by atoms with Crippen LogP contribution in [0.3, 0.4) is 0 Å². The van der Waals surface area contributed by atoms with Gasteiger partial charge in [-0.1, -0.05) is 25.4 Å². The number of rotatable bonds is 4. The molecule has 20 heavy (non-hydrogen) atoms. The fourth-order valence-corrected chi connectivity index (χ4v) is 2.42. The van der Waals surface area contributed by atoms with Crippen molar-refractivity contribution in [2.75, 3.05) is 6.54 Å². The lowest BCUT2D eigenvalue weighted by molar-refractivity contribution is -0.698. The van der Waals surface area contributed by atoms with Crippen LogP contribution in [0, 0.1) is 5.92 Å². The van der Waals surface area contributed by atoms with E-state index in [0.29, 0.717) is 21.8 Å². The first-order chi connectivity index (χ1) is 9.40. The molecular weight excluding hydrogens is 274 g/mol. The Hall–Kier alpha value is -1.39. The number of quaternary nitrogens is 1. The number of benzene rings is 1. The molecule has 0 amide bonds. The van der Waals surface area contributed by atoms with Gasteiger partial charge in [-0.05, 0) is 25.1 Å². The van der Waals surface area contributed by atoms with Gasteiger partial charge in [0.15, 0.2) is 5.82 Å². The number of halogens is 1. The predicted octanol–water partition coefficient (Wildman–Crippen LogP) is 1.87. The Balaban J connectivity index is 2.48. The van der Waals surface area contributed by atoms with Gasteiger partial charge in [0.05, 0.1) is 17.4 Å². The van der Waals surface area contributed by atoms with Gasteiger partial charge < -0.3 is 5.32 Å². The van der Waals surface area contributed by atoms with Crippen LogP contribution < -0.4 is 10.9 Å². The largest absolute Gasteiger partial charge is 0.338 e. The third kappa shape index (κ3) is 3.02. The van der Waals surface area contributed by atoms with Crippen LogP contribution in [0.1, 0.15) is 32.6 Å². The maximum Gasteiger partial charge on any atom is 0.261 e. The monoisotopic (exact) mass is 294 g/mol. The molecule has 0 unspecified atom stereocenters. The molecule has 108 valence electrons. The molecule has 1 heterocycles. The number of nitrogens with two attached hydrogens (primary N) is 1. The lowest BCUT2D eigenvalue weighted by atomic mass is 10.2. The molecule has 0 fully saturated rings. The molecule has 0 bridgehead atoms. The summed E-state index contributed by atoms with van der Waals surface area (Å²) in [6.07, 6.45) is 0. The fraction of sp³-hybridized carbons (Fsp3) is 0.467. The van der Waals surface area contributed by atoms with E-state index in [1.165, 1.54) is 0 Å². The minimum Gasteiger partial charge on any atom is -0.338 e. The van der Waals surface area contributed by atoms with Gasteiger partial charge in [0.1, 0.15) is 6.04 Å². The molecule has 1 aromatic heterocycles. The fourth-order valence-electron chi connectivity index (χ4n) is 2.25. The maximum atomic E-state index is 12.4. The molecule has 0 radical (unpaired) electrons. The molecule has 2 rings (SSSR count). The SMILES string of the molecule is CC(C)C[NH2+][C@@H](C)c1nc2cc(Cl)ccc2c(=O)n1C. The molecule has 1 aromatic carbocycles. The highest BCUT2D eigenvalue weighted by molar-refractivity contribution is 6.31. The summed E-state index contributed by atoms with van der Waals surface area (Å²) in [4.78, 5) is 17.0. The zero-order chi connectivity index (χ0) is 14.9. The van der Waals surface area contributed by atoms with Crippen molar-refractivity contribution >= 4 is 22.5 Å². The van der Waals surface area contributed by atoms with Crippen molar-refractivity contribution in [1.82, 2.24) is 9.55 Å². The van der Waals surface area contributed by atoms with Crippen molar-refractivity contribution in [2.24, 2.45) is 13.0 Å². The quantitative estimate of drug-likeness (QED) is 0.936. The van der Waals surface area contributed by atoms with E-state index < -0.39 is 0 Å². The second-order valence-corrected chi connectivity index (χ2v) is 6.09. The molecule has 0 aliphatic heterocycles. The zero-order valence-corrected chi connectivity index (χ0v) is 13.1. The van der Waals surface area contributed by atoms with Crippen LogP contribution in [0.5, 0.6) is 0 Å². The molecule has 0 spiro atoms. The summed E-state index contributed by atoms with van der Waals surface area (Å²) in [5, 5.41) is 3.42. The number of hydrogen-bond acceptors (Lipinski definition) is 2. The standard InChI is InChI=1S/C15H20ClN3O/c1-9(2)8-17-10(3)14-18-13-7-11(16)5-6-12(13)15(20)19(14)4/h5-7,9-10,17H,8H2,1-4H3/p+1/t10-/m0/s1. The van der Waals surface area contributed by atoms with Gasteiger partial charge in [0.2, 0.25) is 0 Å². The molecule has 2 N–H and O–H groups in total. The lowest BCUT2D eigenvalue weighted by Crippen LogP contribution is -2.86. The summed E-state index contributed by atoms with van der Waals surface area (Å²) in [5.74, 6) is 1.38. The third-order valence-corrected chi connectivity index (χ3v) is 3.68. The van der Waals surface area contributed by atoms with Crippen LogP contribution in [-0.2, 0) is 7.05 Å². The summed E-state index contributed by atoms with van der Waals surface area (Å²) in [6, 6.07) is 5.34. The average molecular weight is 295 g/mol. The topological polar surface area (TPSA) is 51.5 Å². The molecule has 2 aromatic rings. The molecule has 0 saturated carbocycles. The smallest absolute Gasteiger partial charge is 0.261 e. The minimum absolute atomic E-state index is 0.0218.